The lowest BCUT2D eigenvalue weighted by Gasteiger charge is -2.13. The molecule has 0 spiro atoms. The highest BCUT2D eigenvalue weighted by molar-refractivity contribution is 5.91. The van der Waals surface area contributed by atoms with Gasteiger partial charge in [0.1, 0.15) is 0 Å². The lowest BCUT2D eigenvalue weighted by Crippen LogP contribution is -2.13. The molecule has 2 aromatic heterocycles. The van der Waals surface area contributed by atoms with E-state index >= 15 is 0 Å². The van der Waals surface area contributed by atoms with E-state index in [0.717, 1.165) is 44.8 Å². The Bertz CT molecular complexity index is 1290. The summed E-state index contributed by atoms with van der Waals surface area (Å²) in [5.41, 5.74) is 7.70. The molecule has 0 aliphatic rings. The van der Waals surface area contributed by atoms with Gasteiger partial charge in [-0.2, -0.15) is 10.1 Å². The molecule has 6 heteroatoms. The summed E-state index contributed by atoms with van der Waals surface area (Å²) < 4.78 is 7.49. The third-order valence-corrected chi connectivity index (χ3v) is 5.71. The zero-order valence-corrected chi connectivity index (χ0v) is 19.2. The monoisotopic (exact) mass is 428 g/mol. The summed E-state index contributed by atoms with van der Waals surface area (Å²) in [6, 6.07) is 16.0. The maximum absolute atomic E-state index is 12.6. The van der Waals surface area contributed by atoms with Gasteiger partial charge in [0.05, 0.1) is 18.5 Å². The van der Waals surface area contributed by atoms with Crippen LogP contribution in [0.15, 0.2) is 48.5 Å². The van der Waals surface area contributed by atoms with E-state index in [1.54, 1.807) is 7.11 Å². The third-order valence-electron chi connectivity index (χ3n) is 5.71. The number of aryl methyl sites for hydroxylation is 4. The molecule has 0 atom stereocenters. The number of nitrogens with one attached hydrogen (secondary N) is 1. The number of pyridine rings is 1. The molecule has 4 rings (SSSR count). The molecular weight excluding hydrogens is 400 g/mol. The Hall–Kier alpha value is -3.67. The number of methoxy groups -OCH3 is 1. The minimum atomic E-state index is -0.0378. The summed E-state index contributed by atoms with van der Waals surface area (Å²) in [7, 11) is 1.61. The zero-order valence-electron chi connectivity index (χ0n) is 19.2. The molecule has 1 amide bonds. The normalized spacial score (nSPS) is 11.0. The first-order valence-electron chi connectivity index (χ1n) is 10.7. The number of amides is 1. The molecular formula is C26H28N4O2. The van der Waals surface area contributed by atoms with Gasteiger partial charge in [0.15, 0.2) is 5.65 Å². The largest absolute Gasteiger partial charge is 0.481 e. The summed E-state index contributed by atoms with van der Waals surface area (Å²) in [6.07, 6.45) is 0.869. The van der Waals surface area contributed by atoms with Crippen LogP contribution in [0.25, 0.3) is 16.7 Å². The first-order valence-corrected chi connectivity index (χ1v) is 10.7. The summed E-state index contributed by atoms with van der Waals surface area (Å²) in [5, 5.41) is 8.72. The Labute approximate surface area is 188 Å². The molecule has 0 bridgehead atoms. The van der Waals surface area contributed by atoms with Crippen LogP contribution in [0.4, 0.5) is 5.69 Å². The topological polar surface area (TPSA) is 69.0 Å². The number of aromatic nitrogens is 3. The van der Waals surface area contributed by atoms with Crippen LogP contribution in [0.3, 0.4) is 0 Å². The SMILES string of the molecule is COc1nc2c(c(C)nn2-c2ccc(C)cc2)c(C)c1CCC(=O)Nc1cccc(C)c1. The molecule has 0 fully saturated rings. The molecule has 0 aliphatic carbocycles. The van der Waals surface area contributed by atoms with Gasteiger partial charge < -0.3 is 10.1 Å². The summed E-state index contributed by atoms with van der Waals surface area (Å²) in [6.45, 7) is 8.10. The number of nitrogens with zero attached hydrogens (tertiary/aromatic N) is 3. The van der Waals surface area contributed by atoms with Crippen LogP contribution < -0.4 is 10.1 Å². The molecule has 1 N–H and O–H groups in total. The van der Waals surface area contributed by atoms with Crippen molar-refractivity contribution in [2.45, 2.75) is 40.5 Å². The Balaban J connectivity index is 1.65. The maximum Gasteiger partial charge on any atom is 0.224 e. The van der Waals surface area contributed by atoms with Gasteiger partial charge in [-0.05, 0) is 69.5 Å². The molecule has 4 aromatic rings. The van der Waals surface area contributed by atoms with E-state index in [1.165, 1.54) is 5.56 Å². The minimum absolute atomic E-state index is 0.0378. The van der Waals surface area contributed by atoms with Gasteiger partial charge in [0.2, 0.25) is 11.8 Å². The van der Waals surface area contributed by atoms with Gasteiger partial charge in [-0.3, -0.25) is 4.79 Å². The smallest absolute Gasteiger partial charge is 0.224 e. The van der Waals surface area contributed by atoms with Crippen LogP contribution in [0, 0.1) is 27.7 Å². The van der Waals surface area contributed by atoms with Crippen molar-refractivity contribution in [2.24, 2.45) is 0 Å². The molecule has 164 valence electrons. The highest BCUT2D eigenvalue weighted by Crippen LogP contribution is 2.32. The maximum atomic E-state index is 12.6. The van der Waals surface area contributed by atoms with Crippen LogP contribution in [-0.2, 0) is 11.2 Å². The van der Waals surface area contributed by atoms with Gasteiger partial charge in [-0.25, -0.2) is 4.68 Å². The molecule has 0 radical (unpaired) electrons. The molecule has 0 unspecified atom stereocenters. The molecule has 0 saturated heterocycles. The Morgan fingerprint density at radius 1 is 1.03 bits per heavy atom. The quantitative estimate of drug-likeness (QED) is 0.456. The van der Waals surface area contributed by atoms with Crippen LogP contribution in [0.5, 0.6) is 5.88 Å². The van der Waals surface area contributed by atoms with E-state index in [0.29, 0.717) is 18.7 Å². The Morgan fingerprint density at radius 2 is 1.78 bits per heavy atom. The van der Waals surface area contributed by atoms with Gasteiger partial charge in [-0.15, -0.1) is 0 Å². The second-order valence-corrected chi connectivity index (χ2v) is 8.17. The van der Waals surface area contributed by atoms with Crippen molar-refractivity contribution in [1.29, 1.82) is 0 Å². The van der Waals surface area contributed by atoms with Crippen molar-refractivity contribution in [3.63, 3.8) is 0 Å². The first-order chi connectivity index (χ1) is 15.4. The van der Waals surface area contributed by atoms with Gasteiger partial charge >= 0.3 is 0 Å². The molecule has 0 saturated carbocycles. The fraction of sp³-hybridized carbons (Fsp3) is 0.269. The average Bonchev–Trinajstić information content (AvgIpc) is 3.09. The molecule has 2 aromatic carbocycles. The molecule has 2 heterocycles. The highest BCUT2D eigenvalue weighted by Gasteiger charge is 2.20. The number of rotatable bonds is 6. The van der Waals surface area contributed by atoms with Crippen molar-refractivity contribution in [3.8, 4) is 11.6 Å². The number of carbonyl (C=O) groups is 1. The van der Waals surface area contributed by atoms with Crippen molar-refractivity contribution < 1.29 is 9.53 Å². The number of carbonyl (C=O) groups excluding carboxylic acids is 1. The molecule has 6 nitrogen and oxygen atoms in total. The van der Waals surface area contributed by atoms with Crippen molar-refractivity contribution in [1.82, 2.24) is 14.8 Å². The Morgan fingerprint density at radius 3 is 2.47 bits per heavy atom. The first kappa shape index (κ1) is 21.6. The number of hydrogen-bond acceptors (Lipinski definition) is 4. The van der Waals surface area contributed by atoms with Crippen molar-refractivity contribution in [2.75, 3.05) is 12.4 Å². The van der Waals surface area contributed by atoms with Gasteiger partial charge in [0, 0.05) is 23.1 Å². The highest BCUT2D eigenvalue weighted by atomic mass is 16.5. The van der Waals surface area contributed by atoms with Crippen LogP contribution in [0.1, 0.15) is 34.4 Å². The van der Waals surface area contributed by atoms with Gasteiger partial charge in [0.25, 0.3) is 0 Å². The predicted molar refractivity (Wildman–Crippen MR) is 128 cm³/mol. The van der Waals surface area contributed by atoms with Crippen LogP contribution in [-0.4, -0.2) is 27.8 Å². The van der Waals surface area contributed by atoms with E-state index in [4.69, 9.17) is 14.8 Å². The Kier molecular flexibility index (Phi) is 5.95. The standard InChI is InChI=1S/C26H28N4O2/c1-16-9-11-21(12-10-16)30-25-24(19(4)29-30)18(3)22(26(28-25)32-5)13-14-23(31)27-20-8-6-7-17(2)15-20/h6-12,15H,13-14H2,1-5H3,(H,27,31). The second kappa shape index (κ2) is 8.83. The number of benzene rings is 2. The lowest BCUT2D eigenvalue weighted by molar-refractivity contribution is -0.116. The van der Waals surface area contributed by atoms with E-state index in [-0.39, 0.29) is 5.91 Å². The van der Waals surface area contributed by atoms with Crippen LogP contribution in [0.2, 0.25) is 0 Å². The summed E-state index contributed by atoms with van der Waals surface area (Å²) in [5.74, 6) is 0.496. The number of ether oxygens (including phenoxy) is 1. The third kappa shape index (κ3) is 4.21. The van der Waals surface area contributed by atoms with Crippen LogP contribution >= 0.6 is 0 Å². The van der Waals surface area contributed by atoms with E-state index in [2.05, 4.69) is 31.3 Å². The lowest BCUT2D eigenvalue weighted by atomic mass is 10.0. The molecule has 0 aliphatic heterocycles. The fourth-order valence-electron chi connectivity index (χ4n) is 4.05. The predicted octanol–water partition coefficient (Wildman–Crippen LogP) is 5.23. The number of fused-ring (bicyclic) bond motifs is 1. The van der Waals surface area contributed by atoms with Gasteiger partial charge in [-0.1, -0.05) is 29.8 Å². The van der Waals surface area contributed by atoms with Crippen molar-refractivity contribution >= 4 is 22.6 Å². The summed E-state index contributed by atoms with van der Waals surface area (Å²) >= 11 is 0. The van der Waals surface area contributed by atoms with E-state index in [1.807, 2.05) is 54.9 Å². The zero-order chi connectivity index (χ0) is 22.8. The van der Waals surface area contributed by atoms with E-state index in [9.17, 15) is 4.79 Å². The van der Waals surface area contributed by atoms with Crippen molar-refractivity contribution in [3.05, 3.63) is 76.5 Å². The fourth-order valence-corrected chi connectivity index (χ4v) is 4.05. The average molecular weight is 429 g/mol. The minimum Gasteiger partial charge on any atom is -0.481 e. The van der Waals surface area contributed by atoms with E-state index < -0.39 is 0 Å². The number of anilines is 1. The second-order valence-electron chi connectivity index (χ2n) is 8.17. The molecule has 32 heavy (non-hydrogen) atoms. The number of hydrogen-bond donors (Lipinski definition) is 1. The summed E-state index contributed by atoms with van der Waals surface area (Å²) in [4.78, 5) is 17.4.